The highest BCUT2D eigenvalue weighted by atomic mass is 16.3. The van der Waals surface area contributed by atoms with E-state index in [1.54, 1.807) is 70.4 Å². The van der Waals surface area contributed by atoms with Gasteiger partial charge in [0.1, 0.15) is 90.3 Å². The number of aliphatic hydroxyl groups excluding tert-OH is 1. The number of carbonyl (C=O) groups is 16. The molecule has 16 amide bonds. The quantitative estimate of drug-likeness (QED) is 0.0419. The maximum atomic E-state index is 15.7. The fraction of sp³-hybridized carbons (Fsp3) is 0.563. The lowest BCUT2D eigenvalue weighted by molar-refractivity contribution is -0.149. The number of H-pyrrole nitrogens is 2. The molecule has 3 fully saturated rings. The third-order valence-corrected chi connectivity index (χ3v) is 23.2. The number of nitrogens with two attached hydrogens (primary N) is 3. The van der Waals surface area contributed by atoms with Crippen molar-refractivity contribution in [2.24, 2.45) is 29.0 Å². The summed E-state index contributed by atoms with van der Waals surface area (Å²) >= 11 is 0. The molecule has 5 heterocycles. The molecule has 0 spiro atoms. The fourth-order valence-electron chi connectivity index (χ4n) is 16.0. The second kappa shape index (κ2) is 46.1. The molecule has 0 radical (unpaired) electrons. The zero-order valence-corrected chi connectivity index (χ0v) is 73.1. The van der Waals surface area contributed by atoms with Gasteiger partial charge in [0.2, 0.25) is 94.5 Å². The van der Waals surface area contributed by atoms with E-state index in [0.29, 0.717) is 64.2 Å². The lowest BCUT2D eigenvalue weighted by Crippen LogP contribution is -2.61. The van der Waals surface area contributed by atoms with Crippen LogP contribution in [0.3, 0.4) is 0 Å². The van der Waals surface area contributed by atoms with Gasteiger partial charge in [0.15, 0.2) is 0 Å². The average Bonchev–Trinajstić information content (AvgIpc) is 1.69. The van der Waals surface area contributed by atoms with Crippen LogP contribution in [-0.4, -0.2) is 284 Å². The van der Waals surface area contributed by atoms with E-state index >= 15 is 28.8 Å². The number of phenols is 1. The smallest absolute Gasteiger partial charge is 0.246 e. The molecule has 2 aromatic heterocycles. The second-order valence-corrected chi connectivity index (χ2v) is 33.7. The van der Waals surface area contributed by atoms with Gasteiger partial charge < -0.3 is 115 Å². The highest BCUT2D eigenvalue weighted by molar-refractivity contribution is 6.02. The van der Waals surface area contributed by atoms with Crippen LogP contribution >= 0.6 is 0 Å². The number of phenolic OH excluding ortho intramolecular Hbond substituents is 1. The summed E-state index contributed by atoms with van der Waals surface area (Å²) in [6, 6.07) is -0.317. The summed E-state index contributed by atoms with van der Waals surface area (Å²) in [4.78, 5) is 247. The molecule has 0 bridgehead atoms. The number of aliphatic hydroxyl groups is 1. The molecule has 125 heavy (non-hydrogen) atoms. The molecule has 38 nitrogen and oxygen atoms in total. The molecule has 0 aliphatic carbocycles. The van der Waals surface area contributed by atoms with Gasteiger partial charge in [-0.3, -0.25) is 76.7 Å². The van der Waals surface area contributed by atoms with Crippen molar-refractivity contribution in [3.05, 3.63) is 102 Å². The minimum absolute atomic E-state index is 0.00768. The van der Waals surface area contributed by atoms with Gasteiger partial charge in [0.25, 0.3) is 0 Å². The van der Waals surface area contributed by atoms with E-state index in [9.17, 15) is 58.2 Å². The summed E-state index contributed by atoms with van der Waals surface area (Å²) in [5.74, 6) is -14.8. The first-order valence-electron chi connectivity index (χ1n) is 43.0. The lowest BCUT2D eigenvalue weighted by Gasteiger charge is -2.36. The molecule has 682 valence electrons. The number of benzene rings is 3. The van der Waals surface area contributed by atoms with Crippen molar-refractivity contribution in [1.29, 1.82) is 0 Å². The standard InChI is InChI=1S/C87H126N20O18/c1-12-14-25-68-80(118)97-61(35-47(3)4)77(115)94-49(7)74(112)93-45-73(111)95-64(37-51-28-30-54(108)31-29-51)83(121)103(9)50(8)75(113)99-66(41-72(90)110)85(123)106-34-20-27-69(106)81(119)102-67(42-89)79(117)100-63(36-48(5)6)86(124)107-46-55(109)40-71(107)82(120)98-62(38-52-43-91-58-23-18-16-21-56(52)58)78(116)96-60(32-33-88)76(114)101-65(39-53-44-92-59-24-19-17-22-57(53)59)84(122)105(11)70(26-15-13-2)87(125)104(68)10/h16-19,21-24,28-31,43-44,47-50,55,60-71,91-92,108-109H,12-15,20,25-27,32-42,45-46,88-89H2,1-11H3,(H2,90,110)(H,93,112)(H,94,115)(H,95,111)(H,96,116)(H,97,118)(H,98,120)(H,99,113)(H,100,117)(H,101,114)(H,102,119)/t49-,50-,55+,60-,61-,62-,63-,64-,65-,66-,67-,68-,69?,70-,71-/m0/s1. The number of likely N-dealkylation sites (N-methyl/N-ethyl adjacent to an activating group) is 3. The monoisotopic (exact) mass is 1740 g/mol. The second-order valence-electron chi connectivity index (χ2n) is 33.7. The highest BCUT2D eigenvalue weighted by Gasteiger charge is 2.46. The molecule has 3 aliphatic heterocycles. The van der Waals surface area contributed by atoms with Gasteiger partial charge in [0, 0.05) is 101 Å². The van der Waals surface area contributed by atoms with Gasteiger partial charge >= 0.3 is 0 Å². The van der Waals surface area contributed by atoms with E-state index < -0.39 is 211 Å². The number of rotatable bonds is 21. The molecule has 38 heteroatoms. The van der Waals surface area contributed by atoms with Crippen LogP contribution in [0.4, 0.5) is 0 Å². The minimum atomic E-state index is -1.74. The van der Waals surface area contributed by atoms with E-state index in [1.807, 2.05) is 32.0 Å². The number of aromatic amines is 2. The Bertz CT molecular complexity index is 4670. The largest absolute Gasteiger partial charge is 0.508 e. The first-order chi connectivity index (χ1) is 59.4. The third kappa shape index (κ3) is 26.5. The highest BCUT2D eigenvalue weighted by Crippen LogP contribution is 2.28. The van der Waals surface area contributed by atoms with Crippen LogP contribution in [0.2, 0.25) is 0 Å². The number of aromatic hydroxyl groups is 1. The van der Waals surface area contributed by atoms with Crippen LogP contribution in [0.25, 0.3) is 21.8 Å². The molecule has 5 aromatic rings. The summed E-state index contributed by atoms with van der Waals surface area (Å²) in [6.07, 6.45) is 2.28. The minimum Gasteiger partial charge on any atom is -0.508 e. The number of para-hydroxylation sites is 2. The van der Waals surface area contributed by atoms with Crippen molar-refractivity contribution < 1.29 is 86.9 Å². The lowest BCUT2D eigenvalue weighted by atomic mass is 9.99. The zero-order chi connectivity index (χ0) is 91.8. The molecular formula is C87H126N20O18. The van der Waals surface area contributed by atoms with Crippen molar-refractivity contribution >= 4 is 116 Å². The summed E-state index contributed by atoms with van der Waals surface area (Å²) < 4.78 is 0. The first-order valence-corrected chi connectivity index (χ1v) is 43.0. The van der Waals surface area contributed by atoms with E-state index in [2.05, 4.69) is 63.1 Å². The maximum absolute atomic E-state index is 15.7. The van der Waals surface area contributed by atoms with E-state index in [4.69, 9.17) is 17.2 Å². The number of aromatic nitrogens is 2. The topological polar surface area (TPSA) is 560 Å². The van der Waals surface area contributed by atoms with E-state index in [0.717, 1.165) is 14.7 Å². The number of nitrogens with zero attached hydrogens (tertiary/aromatic N) is 5. The van der Waals surface area contributed by atoms with Crippen LogP contribution in [0, 0.1) is 11.8 Å². The van der Waals surface area contributed by atoms with E-state index in [1.165, 1.54) is 69.1 Å². The number of primary amides is 1. The van der Waals surface area contributed by atoms with Crippen molar-refractivity contribution in [2.75, 3.05) is 53.9 Å². The molecule has 15 atom stereocenters. The Balaban J connectivity index is 1.16. The van der Waals surface area contributed by atoms with Gasteiger partial charge in [-0.25, -0.2) is 0 Å². The van der Waals surface area contributed by atoms with Gasteiger partial charge in [-0.2, -0.15) is 0 Å². The molecule has 3 aliphatic rings. The van der Waals surface area contributed by atoms with Gasteiger partial charge in [-0.1, -0.05) is 116 Å². The Hall–Kier alpha value is -12.1. The molecule has 20 N–H and O–H groups in total. The number of nitrogens with one attached hydrogen (secondary N) is 12. The van der Waals surface area contributed by atoms with Crippen molar-refractivity contribution in [1.82, 2.24) is 87.6 Å². The normalized spacial score (nSPS) is 26.0. The zero-order valence-electron chi connectivity index (χ0n) is 73.1. The molecule has 1 unspecified atom stereocenters. The van der Waals surface area contributed by atoms with Crippen LogP contribution in [0.1, 0.15) is 156 Å². The number of amides is 16. The van der Waals surface area contributed by atoms with Crippen LogP contribution in [0.15, 0.2) is 85.2 Å². The van der Waals surface area contributed by atoms with E-state index in [-0.39, 0.29) is 101 Å². The van der Waals surface area contributed by atoms with Crippen molar-refractivity contribution in [2.45, 2.75) is 249 Å². The number of hydrogen-bond acceptors (Lipinski definition) is 20. The van der Waals surface area contributed by atoms with Gasteiger partial charge in [-0.05, 0) is 118 Å². The molecule has 3 aromatic carbocycles. The van der Waals surface area contributed by atoms with Gasteiger partial charge in [0.05, 0.1) is 19.1 Å². The predicted molar refractivity (Wildman–Crippen MR) is 463 cm³/mol. The molecule has 3 saturated heterocycles. The van der Waals surface area contributed by atoms with Crippen molar-refractivity contribution in [3.63, 3.8) is 0 Å². The Labute approximate surface area is 727 Å². The van der Waals surface area contributed by atoms with Crippen LogP contribution in [-0.2, 0) is 96.0 Å². The van der Waals surface area contributed by atoms with Crippen LogP contribution < -0.4 is 70.4 Å². The number of fused-ring (bicyclic) bond motifs is 4. The summed E-state index contributed by atoms with van der Waals surface area (Å²) in [5, 5.41) is 49.6. The fourth-order valence-corrected chi connectivity index (χ4v) is 16.0. The number of hydrogen-bond donors (Lipinski definition) is 17. The Morgan fingerprint density at radius 3 is 1.57 bits per heavy atom. The van der Waals surface area contributed by atoms with Gasteiger partial charge in [-0.15, -0.1) is 0 Å². The average molecular weight is 1740 g/mol. The molecule has 0 saturated carbocycles. The van der Waals surface area contributed by atoms with Crippen LogP contribution in [0.5, 0.6) is 5.75 Å². The molecular weight excluding hydrogens is 1610 g/mol. The molecule has 8 rings (SSSR count). The number of unbranched alkanes of at least 4 members (excludes halogenated alkanes) is 2. The summed E-state index contributed by atoms with van der Waals surface area (Å²) in [6.45, 7) is 11.4. The Morgan fingerprint density at radius 1 is 0.488 bits per heavy atom. The SMILES string of the molecule is CCCC[C@H]1C(=O)N(C)[C@@H](CCCC)C(=O)N[C@@H](CC(C)C)C(=O)N[C@@H](C)C(=O)NCC(=O)N[C@@H](Cc2ccc(O)cc2)C(=O)N(C)[C@@H](C)C(=O)N[C@@H](CC(N)=O)C(=O)N2CCCC2C(=O)N[C@@H](CN)C(=O)N[C@@H](CC(C)C)C(=O)N2C[C@H](O)C[C@H]2C(=O)N[C@@H](Cc2c[nH]c3ccccc23)C(=O)N[C@@H](CCN)C(=O)N[C@@H](Cc2c[nH]c3ccccc23)C(=O)N1C. The van der Waals surface area contributed by atoms with Crippen molar-refractivity contribution in [3.8, 4) is 5.75 Å². The third-order valence-electron chi connectivity index (χ3n) is 23.2. The summed E-state index contributed by atoms with van der Waals surface area (Å²) in [7, 11) is 4.06. The predicted octanol–water partition coefficient (Wildman–Crippen LogP) is -0.995. The maximum Gasteiger partial charge on any atom is 0.246 e. The Morgan fingerprint density at radius 2 is 0.976 bits per heavy atom. The number of carbonyl (C=O) groups excluding carboxylic acids is 16. The Kier molecular flexibility index (Phi) is 36.3. The first kappa shape index (κ1) is 98.4. The summed E-state index contributed by atoms with van der Waals surface area (Å²) in [5.41, 5.74) is 21.0.